The number of aromatic hydroxyl groups is 1. The van der Waals surface area contributed by atoms with Crippen LogP contribution < -0.4 is 5.73 Å². The standard InChI is InChI=1S/C9H8BrN3O3.ClH/c10-5-3-6(7(12)1-2-11)9(14)8(4-5)13(15)16;/h3-4,7,14H,1,12H2;1H/t7-;/m1./s1. The number of nitro benzene ring substituents is 1. The van der Waals surface area contributed by atoms with E-state index in [9.17, 15) is 15.2 Å². The summed E-state index contributed by atoms with van der Waals surface area (Å²) >= 11 is 3.08. The minimum Gasteiger partial charge on any atom is -0.502 e. The number of nitro groups is 1. The van der Waals surface area contributed by atoms with Crippen molar-refractivity contribution in [3.05, 3.63) is 32.3 Å². The monoisotopic (exact) mass is 321 g/mol. The molecule has 0 aliphatic rings. The number of hydrogen-bond acceptors (Lipinski definition) is 5. The lowest BCUT2D eigenvalue weighted by Crippen LogP contribution is -2.10. The average Bonchev–Trinajstić information content (AvgIpc) is 2.20. The van der Waals surface area contributed by atoms with Crippen LogP contribution in [0.25, 0.3) is 0 Å². The maximum atomic E-state index is 10.6. The van der Waals surface area contributed by atoms with E-state index in [1.807, 2.05) is 6.07 Å². The Bertz CT molecular complexity index is 475. The van der Waals surface area contributed by atoms with Crippen molar-refractivity contribution in [2.24, 2.45) is 5.73 Å². The molecule has 0 heterocycles. The van der Waals surface area contributed by atoms with E-state index >= 15 is 0 Å². The van der Waals surface area contributed by atoms with Gasteiger partial charge in [-0.2, -0.15) is 5.26 Å². The molecule has 1 aromatic carbocycles. The van der Waals surface area contributed by atoms with Gasteiger partial charge < -0.3 is 10.8 Å². The Balaban J connectivity index is 0.00000256. The van der Waals surface area contributed by atoms with Gasteiger partial charge in [-0.15, -0.1) is 12.4 Å². The van der Waals surface area contributed by atoms with E-state index in [0.717, 1.165) is 0 Å². The molecule has 0 fully saturated rings. The van der Waals surface area contributed by atoms with Crippen molar-refractivity contribution in [3.63, 3.8) is 0 Å². The first-order chi connectivity index (χ1) is 7.47. The van der Waals surface area contributed by atoms with Crippen LogP contribution in [0.4, 0.5) is 5.69 Å². The maximum absolute atomic E-state index is 10.6. The zero-order valence-electron chi connectivity index (χ0n) is 8.46. The lowest BCUT2D eigenvalue weighted by atomic mass is 10.0. The Morgan fingerprint density at radius 3 is 2.71 bits per heavy atom. The van der Waals surface area contributed by atoms with Crippen LogP contribution in [0.5, 0.6) is 5.75 Å². The molecule has 1 aromatic rings. The lowest BCUT2D eigenvalue weighted by Gasteiger charge is -2.10. The number of nitriles is 1. The quantitative estimate of drug-likeness (QED) is 0.655. The van der Waals surface area contributed by atoms with Gasteiger partial charge in [-0.3, -0.25) is 10.1 Å². The molecule has 0 aliphatic heterocycles. The van der Waals surface area contributed by atoms with Crippen LogP contribution in [0.2, 0.25) is 0 Å². The van der Waals surface area contributed by atoms with Gasteiger partial charge in [0.2, 0.25) is 0 Å². The summed E-state index contributed by atoms with van der Waals surface area (Å²) in [6.45, 7) is 0. The molecule has 17 heavy (non-hydrogen) atoms. The van der Waals surface area contributed by atoms with E-state index in [-0.39, 0.29) is 24.4 Å². The van der Waals surface area contributed by atoms with Crippen molar-refractivity contribution in [1.29, 1.82) is 5.26 Å². The molecular weight excluding hydrogens is 313 g/mol. The van der Waals surface area contributed by atoms with Crippen LogP contribution in [0.15, 0.2) is 16.6 Å². The summed E-state index contributed by atoms with van der Waals surface area (Å²) in [5.74, 6) is -0.490. The zero-order chi connectivity index (χ0) is 12.3. The summed E-state index contributed by atoms with van der Waals surface area (Å²) in [6.07, 6.45) is -0.0266. The molecule has 0 saturated heterocycles. The fourth-order valence-electron chi connectivity index (χ4n) is 1.24. The molecule has 3 N–H and O–H groups in total. The van der Waals surface area contributed by atoms with Crippen LogP contribution in [0.1, 0.15) is 18.0 Å². The first-order valence-electron chi connectivity index (χ1n) is 4.26. The third-order valence-electron chi connectivity index (χ3n) is 1.99. The van der Waals surface area contributed by atoms with Crippen LogP contribution in [-0.4, -0.2) is 10.0 Å². The minimum atomic E-state index is -0.749. The molecule has 92 valence electrons. The second kappa shape index (κ2) is 6.39. The molecule has 1 atom stereocenters. The van der Waals surface area contributed by atoms with E-state index in [1.54, 1.807) is 0 Å². The van der Waals surface area contributed by atoms with Crippen molar-refractivity contribution < 1.29 is 10.0 Å². The molecule has 6 nitrogen and oxygen atoms in total. The van der Waals surface area contributed by atoms with Gasteiger partial charge in [0, 0.05) is 22.1 Å². The number of phenolic OH excluding ortho intramolecular Hbond substituents is 1. The number of hydrogen-bond donors (Lipinski definition) is 2. The largest absolute Gasteiger partial charge is 0.502 e. The van der Waals surface area contributed by atoms with Crippen molar-refractivity contribution in [2.45, 2.75) is 12.5 Å². The fraction of sp³-hybridized carbons (Fsp3) is 0.222. The molecule has 8 heteroatoms. The van der Waals surface area contributed by atoms with E-state index < -0.39 is 22.4 Å². The number of halogens is 2. The summed E-state index contributed by atoms with van der Waals surface area (Å²) in [5, 5.41) is 28.7. The van der Waals surface area contributed by atoms with E-state index in [1.165, 1.54) is 12.1 Å². The Morgan fingerprint density at radius 1 is 1.65 bits per heavy atom. The van der Waals surface area contributed by atoms with Gasteiger partial charge in [-0.1, -0.05) is 15.9 Å². The molecule has 0 unspecified atom stereocenters. The van der Waals surface area contributed by atoms with E-state index in [0.29, 0.717) is 4.47 Å². The van der Waals surface area contributed by atoms with Gasteiger partial charge in [0.1, 0.15) is 0 Å². The highest BCUT2D eigenvalue weighted by molar-refractivity contribution is 9.10. The Kier molecular flexibility index (Phi) is 5.88. The summed E-state index contributed by atoms with van der Waals surface area (Å²) in [5.41, 5.74) is 5.37. The molecular formula is C9H9BrClN3O3. The highest BCUT2D eigenvalue weighted by atomic mass is 79.9. The second-order valence-electron chi connectivity index (χ2n) is 3.09. The summed E-state index contributed by atoms with van der Waals surface area (Å²) in [7, 11) is 0. The van der Waals surface area contributed by atoms with Crippen molar-refractivity contribution in [2.75, 3.05) is 0 Å². The first-order valence-corrected chi connectivity index (χ1v) is 5.06. The molecule has 0 radical (unpaired) electrons. The normalized spacial score (nSPS) is 11.1. The first kappa shape index (κ1) is 15.6. The van der Waals surface area contributed by atoms with E-state index in [2.05, 4.69) is 15.9 Å². The predicted molar refractivity (Wildman–Crippen MR) is 66.9 cm³/mol. The Labute approximate surface area is 112 Å². The highest BCUT2D eigenvalue weighted by Crippen LogP contribution is 2.36. The van der Waals surface area contributed by atoms with Crippen LogP contribution >= 0.6 is 28.3 Å². The molecule has 0 aromatic heterocycles. The fourth-order valence-corrected chi connectivity index (χ4v) is 1.70. The lowest BCUT2D eigenvalue weighted by molar-refractivity contribution is -0.386. The molecule has 1 rings (SSSR count). The van der Waals surface area contributed by atoms with Crippen LogP contribution in [0.3, 0.4) is 0 Å². The van der Waals surface area contributed by atoms with Crippen molar-refractivity contribution in [1.82, 2.24) is 0 Å². The van der Waals surface area contributed by atoms with Crippen molar-refractivity contribution in [3.8, 4) is 11.8 Å². The van der Waals surface area contributed by atoms with Gasteiger partial charge >= 0.3 is 5.69 Å². The third-order valence-corrected chi connectivity index (χ3v) is 2.45. The minimum absolute atomic E-state index is 0. The van der Waals surface area contributed by atoms with Gasteiger partial charge in [-0.05, 0) is 6.07 Å². The summed E-state index contributed by atoms with van der Waals surface area (Å²) in [4.78, 5) is 9.92. The summed E-state index contributed by atoms with van der Waals surface area (Å²) in [6, 6.07) is 3.73. The number of nitrogens with two attached hydrogens (primary N) is 1. The molecule has 0 amide bonds. The molecule has 0 aliphatic carbocycles. The van der Waals surface area contributed by atoms with Crippen LogP contribution in [0, 0.1) is 21.4 Å². The second-order valence-corrected chi connectivity index (χ2v) is 4.00. The maximum Gasteiger partial charge on any atom is 0.312 e. The average molecular weight is 323 g/mol. The highest BCUT2D eigenvalue weighted by Gasteiger charge is 2.21. The molecule has 0 spiro atoms. The third kappa shape index (κ3) is 3.56. The Morgan fingerprint density at radius 2 is 2.24 bits per heavy atom. The summed E-state index contributed by atoms with van der Waals surface area (Å²) < 4.78 is 0.431. The predicted octanol–water partition coefficient (Wildman–Crippen LogP) is 2.40. The Hall–Kier alpha value is -1.36. The molecule has 0 bridgehead atoms. The SMILES string of the molecule is Cl.N#CC[C@@H](N)c1cc(Br)cc([N+](=O)[O-])c1O. The van der Waals surface area contributed by atoms with Gasteiger partial charge in [0.25, 0.3) is 0 Å². The topological polar surface area (TPSA) is 113 Å². The van der Waals surface area contributed by atoms with Crippen molar-refractivity contribution >= 4 is 34.0 Å². The van der Waals surface area contributed by atoms with Gasteiger partial charge in [0.05, 0.1) is 17.4 Å². The van der Waals surface area contributed by atoms with Gasteiger partial charge in [0.15, 0.2) is 5.75 Å². The smallest absolute Gasteiger partial charge is 0.312 e. The number of nitrogens with zero attached hydrogens (tertiary/aromatic N) is 2. The zero-order valence-corrected chi connectivity index (χ0v) is 10.9. The number of phenols is 1. The van der Waals surface area contributed by atoms with Crippen LogP contribution in [-0.2, 0) is 0 Å². The van der Waals surface area contributed by atoms with Gasteiger partial charge in [-0.25, -0.2) is 0 Å². The van der Waals surface area contributed by atoms with E-state index in [4.69, 9.17) is 11.0 Å². The molecule has 0 saturated carbocycles. The number of rotatable bonds is 3. The number of benzene rings is 1.